The molecule has 0 aliphatic carbocycles. The first-order chi connectivity index (χ1) is 8.70. The second-order valence-electron chi connectivity index (χ2n) is 6.30. The molecule has 0 aromatic carbocycles. The Hall–Kier alpha value is -0.610. The lowest BCUT2D eigenvalue weighted by molar-refractivity contribution is -0.136. The molecule has 0 radical (unpaired) electrons. The first kappa shape index (κ1) is 12.4. The molecule has 0 aromatic heterocycles. The number of rotatable bonds is 2. The van der Waals surface area contributed by atoms with Crippen LogP contribution in [0.25, 0.3) is 0 Å². The van der Waals surface area contributed by atoms with Gasteiger partial charge in [-0.25, -0.2) is 0 Å². The van der Waals surface area contributed by atoms with E-state index in [0.29, 0.717) is 23.8 Å². The normalized spacial score (nSPS) is 40.4. The molecular formula is C14H25N3O. The quantitative estimate of drug-likeness (QED) is 0.771. The number of nitrogens with one attached hydrogen (secondary N) is 1. The van der Waals surface area contributed by atoms with Crippen molar-refractivity contribution in [3.63, 3.8) is 0 Å². The van der Waals surface area contributed by atoms with Crippen molar-refractivity contribution < 1.29 is 4.79 Å². The van der Waals surface area contributed by atoms with Gasteiger partial charge in [0.2, 0.25) is 5.91 Å². The number of hydrogen-bond acceptors (Lipinski definition) is 3. The zero-order valence-corrected chi connectivity index (χ0v) is 11.6. The van der Waals surface area contributed by atoms with E-state index < -0.39 is 0 Å². The van der Waals surface area contributed by atoms with Gasteiger partial charge in [-0.3, -0.25) is 4.79 Å². The van der Waals surface area contributed by atoms with Crippen molar-refractivity contribution in [3.8, 4) is 0 Å². The monoisotopic (exact) mass is 251 g/mol. The summed E-state index contributed by atoms with van der Waals surface area (Å²) < 4.78 is 0. The van der Waals surface area contributed by atoms with E-state index in [-0.39, 0.29) is 5.92 Å². The zero-order valence-electron chi connectivity index (χ0n) is 11.6. The van der Waals surface area contributed by atoms with Gasteiger partial charge in [-0.2, -0.15) is 0 Å². The van der Waals surface area contributed by atoms with Crippen LogP contribution in [0.15, 0.2) is 0 Å². The summed E-state index contributed by atoms with van der Waals surface area (Å²) in [6.07, 6.45) is 2.16. The fraction of sp³-hybridized carbons (Fsp3) is 0.929. The van der Waals surface area contributed by atoms with Gasteiger partial charge in [0.1, 0.15) is 0 Å². The molecule has 4 unspecified atom stereocenters. The number of likely N-dealkylation sites (tertiary alicyclic amines) is 2. The third kappa shape index (κ3) is 1.95. The lowest BCUT2D eigenvalue weighted by atomic mass is 9.92. The largest absolute Gasteiger partial charge is 0.339 e. The Morgan fingerprint density at radius 2 is 2.17 bits per heavy atom. The molecule has 4 heteroatoms. The maximum Gasteiger partial charge on any atom is 0.227 e. The zero-order chi connectivity index (χ0) is 12.7. The van der Waals surface area contributed by atoms with Gasteiger partial charge in [-0.1, -0.05) is 6.92 Å². The van der Waals surface area contributed by atoms with Crippen LogP contribution < -0.4 is 5.32 Å². The Balaban J connectivity index is 1.70. The number of carbonyl (C=O) groups is 1. The van der Waals surface area contributed by atoms with Gasteiger partial charge in [0.25, 0.3) is 0 Å². The molecule has 4 atom stereocenters. The molecule has 0 spiro atoms. The maximum absolute atomic E-state index is 12.7. The molecule has 3 rings (SSSR count). The highest BCUT2D eigenvalue weighted by Crippen LogP contribution is 2.35. The summed E-state index contributed by atoms with van der Waals surface area (Å²) in [6, 6.07) is 0.489. The topological polar surface area (TPSA) is 35.6 Å². The highest BCUT2D eigenvalue weighted by Gasteiger charge is 2.46. The Bertz CT molecular complexity index is 333. The van der Waals surface area contributed by atoms with E-state index in [1.807, 2.05) is 0 Å². The summed E-state index contributed by atoms with van der Waals surface area (Å²) in [5, 5.41) is 3.48. The average molecular weight is 251 g/mol. The number of carbonyl (C=O) groups excluding carboxylic acids is 1. The van der Waals surface area contributed by atoms with Gasteiger partial charge in [-0.05, 0) is 38.3 Å². The van der Waals surface area contributed by atoms with Crippen molar-refractivity contribution >= 4 is 5.91 Å². The van der Waals surface area contributed by atoms with Crippen LogP contribution in [0, 0.1) is 17.8 Å². The number of nitrogens with zero attached hydrogens (tertiary/aromatic N) is 2. The fourth-order valence-electron chi connectivity index (χ4n) is 4.17. The minimum Gasteiger partial charge on any atom is -0.339 e. The average Bonchev–Trinajstić information content (AvgIpc) is 3.01. The molecule has 0 bridgehead atoms. The van der Waals surface area contributed by atoms with Crippen LogP contribution in [0.4, 0.5) is 0 Å². The van der Waals surface area contributed by atoms with Crippen LogP contribution in [0.1, 0.15) is 19.8 Å². The van der Waals surface area contributed by atoms with E-state index in [1.54, 1.807) is 0 Å². The summed E-state index contributed by atoms with van der Waals surface area (Å²) in [5.41, 5.74) is 0. The predicted octanol–water partition coefficient (Wildman–Crippen LogP) is 0.395. The predicted molar refractivity (Wildman–Crippen MR) is 71.2 cm³/mol. The third-order valence-corrected chi connectivity index (χ3v) is 5.16. The summed E-state index contributed by atoms with van der Waals surface area (Å²) in [6.45, 7) is 7.48. The minimum atomic E-state index is 0.260. The smallest absolute Gasteiger partial charge is 0.227 e. The molecule has 1 amide bonds. The van der Waals surface area contributed by atoms with E-state index in [2.05, 4.69) is 29.1 Å². The molecule has 3 fully saturated rings. The van der Waals surface area contributed by atoms with Gasteiger partial charge in [0.15, 0.2) is 0 Å². The summed E-state index contributed by atoms with van der Waals surface area (Å²) in [5.74, 6) is 2.10. The van der Waals surface area contributed by atoms with Gasteiger partial charge >= 0.3 is 0 Å². The lowest BCUT2D eigenvalue weighted by Gasteiger charge is -2.29. The highest BCUT2D eigenvalue weighted by molar-refractivity contribution is 5.80. The Labute approximate surface area is 110 Å². The Kier molecular flexibility index (Phi) is 3.32. The van der Waals surface area contributed by atoms with Crippen LogP contribution in [-0.2, 0) is 4.79 Å². The molecule has 3 heterocycles. The Morgan fingerprint density at radius 1 is 1.33 bits per heavy atom. The molecule has 0 aromatic rings. The molecule has 102 valence electrons. The van der Waals surface area contributed by atoms with Crippen molar-refractivity contribution in [2.45, 2.75) is 25.8 Å². The summed E-state index contributed by atoms with van der Waals surface area (Å²) >= 11 is 0. The second kappa shape index (κ2) is 4.82. The summed E-state index contributed by atoms with van der Waals surface area (Å²) in [4.78, 5) is 17.2. The van der Waals surface area contributed by atoms with Crippen LogP contribution in [0.5, 0.6) is 0 Å². The number of fused-ring (bicyclic) bond motifs is 1. The van der Waals surface area contributed by atoms with Crippen molar-refractivity contribution in [1.82, 2.24) is 15.1 Å². The van der Waals surface area contributed by atoms with Crippen molar-refractivity contribution in [2.75, 3.05) is 39.8 Å². The number of amides is 1. The molecule has 0 saturated carbocycles. The second-order valence-corrected chi connectivity index (χ2v) is 6.30. The van der Waals surface area contributed by atoms with Crippen molar-refractivity contribution in [2.24, 2.45) is 17.8 Å². The lowest BCUT2D eigenvalue weighted by Crippen LogP contribution is -2.43. The minimum absolute atomic E-state index is 0.260. The highest BCUT2D eigenvalue weighted by atomic mass is 16.2. The van der Waals surface area contributed by atoms with Gasteiger partial charge in [-0.15, -0.1) is 0 Å². The van der Waals surface area contributed by atoms with Gasteiger partial charge < -0.3 is 15.1 Å². The van der Waals surface area contributed by atoms with Crippen LogP contribution in [0.3, 0.4) is 0 Å². The van der Waals surface area contributed by atoms with Gasteiger partial charge in [0, 0.05) is 32.2 Å². The van der Waals surface area contributed by atoms with E-state index >= 15 is 0 Å². The van der Waals surface area contributed by atoms with Crippen LogP contribution >= 0.6 is 0 Å². The van der Waals surface area contributed by atoms with E-state index in [4.69, 9.17) is 0 Å². The van der Waals surface area contributed by atoms with Crippen molar-refractivity contribution in [3.05, 3.63) is 0 Å². The van der Waals surface area contributed by atoms with Gasteiger partial charge in [0.05, 0.1) is 5.92 Å². The molecule has 4 nitrogen and oxygen atoms in total. The standard InChI is InChI=1S/C14H25N3O/c1-3-13-12-7-15-6-11(12)9-17(13)14(18)10-4-5-16(2)8-10/h10-13,15H,3-9H2,1-2H3. The van der Waals surface area contributed by atoms with Crippen molar-refractivity contribution in [1.29, 1.82) is 0 Å². The molecule has 3 aliphatic heterocycles. The van der Waals surface area contributed by atoms with E-state index in [0.717, 1.165) is 45.6 Å². The fourth-order valence-corrected chi connectivity index (χ4v) is 4.17. The van der Waals surface area contributed by atoms with Crippen LogP contribution in [-0.4, -0.2) is 61.5 Å². The number of hydrogen-bond donors (Lipinski definition) is 1. The first-order valence-electron chi connectivity index (χ1n) is 7.40. The summed E-state index contributed by atoms with van der Waals surface area (Å²) in [7, 11) is 2.12. The molecule has 1 N–H and O–H groups in total. The van der Waals surface area contributed by atoms with E-state index in [9.17, 15) is 4.79 Å². The third-order valence-electron chi connectivity index (χ3n) is 5.16. The van der Waals surface area contributed by atoms with Crippen LogP contribution in [0.2, 0.25) is 0 Å². The molecule has 3 saturated heterocycles. The Morgan fingerprint density at radius 3 is 2.83 bits per heavy atom. The molecule has 3 aliphatic rings. The first-order valence-corrected chi connectivity index (χ1v) is 7.40. The van der Waals surface area contributed by atoms with E-state index in [1.165, 1.54) is 0 Å². The molecule has 18 heavy (non-hydrogen) atoms. The molecular weight excluding hydrogens is 226 g/mol. The SMILES string of the molecule is CCC1C2CNCC2CN1C(=O)C1CCN(C)C1. The maximum atomic E-state index is 12.7.